The summed E-state index contributed by atoms with van der Waals surface area (Å²) in [7, 11) is 0. The molecule has 0 aliphatic heterocycles. The van der Waals surface area contributed by atoms with Gasteiger partial charge >= 0.3 is 11.9 Å². The Labute approximate surface area is 206 Å². The lowest BCUT2D eigenvalue weighted by atomic mass is 9.84. The number of aromatic nitrogens is 4. The van der Waals surface area contributed by atoms with Crippen molar-refractivity contribution in [3.8, 4) is 0 Å². The number of hydrogen-bond acceptors (Lipinski definition) is 6. The van der Waals surface area contributed by atoms with Crippen molar-refractivity contribution in [2.24, 2.45) is 0 Å². The van der Waals surface area contributed by atoms with Gasteiger partial charge in [0.2, 0.25) is 0 Å². The van der Waals surface area contributed by atoms with Crippen LogP contribution < -0.4 is 0 Å². The highest BCUT2D eigenvalue weighted by molar-refractivity contribution is 7.00. The van der Waals surface area contributed by atoms with E-state index in [1.807, 2.05) is 30.3 Å². The molecule has 1 aliphatic carbocycles. The number of carboxylic acids is 2. The van der Waals surface area contributed by atoms with Gasteiger partial charge in [0.25, 0.3) is 0 Å². The van der Waals surface area contributed by atoms with E-state index in [0.717, 1.165) is 70.8 Å². The largest absolute Gasteiger partial charge is 0.481 e. The minimum Gasteiger partial charge on any atom is -0.481 e. The van der Waals surface area contributed by atoms with E-state index in [-0.39, 0.29) is 24.6 Å². The van der Waals surface area contributed by atoms with Crippen molar-refractivity contribution in [2.75, 3.05) is 0 Å². The zero-order valence-corrected chi connectivity index (χ0v) is 20.0. The molecule has 1 aliphatic rings. The van der Waals surface area contributed by atoms with Gasteiger partial charge in [-0.15, -0.1) is 0 Å². The number of rotatable bonds is 8. The molecule has 2 N–H and O–H groups in total. The molecule has 0 amide bonds. The van der Waals surface area contributed by atoms with Crippen LogP contribution in [0.1, 0.15) is 76.5 Å². The van der Waals surface area contributed by atoms with Gasteiger partial charge in [0.05, 0.1) is 30.4 Å². The molecule has 1 fully saturated rings. The molecule has 9 heteroatoms. The molecule has 0 bridgehead atoms. The van der Waals surface area contributed by atoms with Gasteiger partial charge in [-0.2, -0.15) is 13.8 Å². The maximum absolute atomic E-state index is 12.6. The zero-order valence-electron chi connectivity index (χ0n) is 19.2. The molecule has 180 valence electrons. The molecule has 8 nitrogen and oxygen atoms in total. The first kappa shape index (κ1) is 23.2. The molecule has 2 aromatic carbocycles. The van der Waals surface area contributed by atoms with Crippen LogP contribution in [0, 0.1) is 0 Å². The summed E-state index contributed by atoms with van der Waals surface area (Å²) in [6.45, 7) is 0.208. The minimum atomic E-state index is -1.03. The Bertz CT molecular complexity index is 1390. The average Bonchev–Trinajstić information content (AvgIpc) is 3.45. The number of fused-ring (bicyclic) bond motifs is 1. The van der Waals surface area contributed by atoms with Gasteiger partial charge in [-0.1, -0.05) is 49.6 Å². The van der Waals surface area contributed by atoms with E-state index in [2.05, 4.69) is 8.75 Å². The van der Waals surface area contributed by atoms with Crippen LogP contribution in [0.4, 0.5) is 0 Å². The van der Waals surface area contributed by atoms with E-state index in [1.165, 1.54) is 6.42 Å². The van der Waals surface area contributed by atoms with E-state index >= 15 is 0 Å². The topological polar surface area (TPSA) is 118 Å². The predicted molar refractivity (Wildman–Crippen MR) is 132 cm³/mol. The van der Waals surface area contributed by atoms with Gasteiger partial charge in [0.1, 0.15) is 16.7 Å². The summed E-state index contributed by atoms with van der Waals surface area (Å²) in [5.74, 6) is -1.73. The summed E-state index contributed by atoms with van der Waals surface area (Å²) < 4.78 is 10.2. The molecule has 4 aromatic rings. The molecule has 0 spiro atoms. The van der Waals surface area contributed by atoms with Crippen molar-refractivity contribution in [1.29, 1.82) is 0 Å². The van der Waals surface area contributed by atoms with Crippen molar-refractivity contribution in [3.05, 3.63) is 76.1 Å². The first-order chi connectivity index (χ1) is 17.0. The van der Waals surface area contributed by atoms with E-state index in [1.54, 1.807) is 16.8 Å². The number of aromatic carboxylic acids is 1. The molecule has 0 atom stereocenters. The van der Waals surface area contributed by atoms with Crippen molar-refractivity contribution >= 4 is 34.7 Å². The van der Waals surface area contributed by atoms with Crippen LogP contribution in [0.2, 0.25) is 0 Å². The van der Waals surface area contributed by atoms with E-state index < -0.39 is 11.9 Å². The molecule has 2 aromatic heterocycles. The summed E-state index contributed by atoms with van der Waals surface area (Å²) in [6.07, 6.45) is 5.71. The molecular formula is C26H26N4O4S. The fourth-order valence-electron chi connectivity index (χ4n) is 5.10. The zero-order chi connectivity index (χ0) is 24.4. The standard InChI is InChI=1S/C26H26N4O4S/c31-23(32)14-18-8-4-5-9-19(18)15-30-25(26(33)34)20(24(27-30)17-6-2-1-3-7-17)12-16-10-11-21-22(13-16)29-35-28-21/h4-5,8-11,13,17H,1-3,6-7,12,14-15H2,(H,31,32)(H,33,34). The summed E-state index contributed by atoms with van der Waals surface area (Å²) in [5.41, 5.74) is 5.79. The molecule has 35 heavy (non-hydrogen) atoms. The number of carbonyl (C=O) groups is 2. The highest BCUT2D eigenvalue weighted by Gasteiger charge is 2.29. The summed E-state index contributed by atoms with van der Waals surface area (Å²) in [4.78, 5) is 23.9. The normalized spacial score (nSPS) is 14.4. The highest BCUT2D eigenvalue weighted by atomic mass is 32.1. The molecule has 0 radical (unpaired) electrons. The van der Waals surface area contributed by atoms with Crippen molar-refractivity contribution in [3.63, 3.8) is 0 Å². The lowest BCUT2D eigenvalue weighted by molar-refractivity contribution is -0.136. The van der Waals surface area contributed by atoms with E-state index in [9.17, 15) is 19.8 Å². The maximum atomic E-state index is 12.6. The molecule has 1 saturated carbocycles. The van der Waals surface area contributed by atoms with Gasteiger partial charge in [-0.25, -0.2) is 4.79 Å². The Morgan fingerprint density at radius 2 is 1.71 bits per heavy atom. The monoisotopic (exact) mass is 490 g/mol. The quantitative estimate of drug-likeness (QED) is 0.361. The SMILES string of the molecule is O=C(O)Cc1ccccc1Cn1nc(C2CCCCC2)c(Cc2ccc3nsnc3c2)c1C(=O)O. The Hall–Kier alpha value is -3.59. The molecule has 0 unspecified atom stereocenters. The van der Waals surface area contributed by atoms with Crippen LogP contribution >= 0.6 is 11.7 Å². The van der Waals surface area contributed by atoms with Crippen molar-refractivity contribution in [1.82, 2.24) is 18.5 Å². The second kappa shape index (κ2) is 9.95. The third-order valence-corrected chi connectivity index (χ3v) is 7.31. The molecule has 5 rings (SSSR count). The molecule has 0 saturated heterocycles. The fraction of sp³-hybridized carbons (Fsp3) is 0.346. The number of benzene rings is 2. The minimum absolute atomic E-state index is 0.121. The average molecular weight is 491 g/mol. The van der Waals surface area contributed by atoms with Gasteiger partial charge in [0, 0.05) is 17.9 Å². The number of aliphatic carboxylic acids is 1. The lowest BCUT2D eigenvalue weighted by Crippen LogP contribution is -2.14. The van der Waals surface area contributed by atoms with Crippen LogP contribution in [0.5, 0.6) is 0 Å². The van der Waals surface area contributed by atoms with Crippen LogP contribution in [-0.2, 0) is 24.2 Å². The first-order valence-corrected chi connectivity index (χ1v) is 12.5. The number of hydrogen-bond donors (Lipinski definition) is 2. The molecular weight excluding hydrogens is 464 g/mol. The second-order valence-corrected chi connectivity index (χ2v) is 9.64. The van der Waals surface area contributed by atoms with Crippen LogP contribution in [-0.4, -0.2) is 40.7 Å². The first-order valence-electron chi connectivity index (χ1n) is 11.8. The van der Waals surface area contributed by atoms with Gasteiger partial charge in [-0.3, -0.25) is 9.48 Å². The highest BCUT2D eigenvalue weighted by Crippen LogP contribution is 2.36. The third kappa shape index (κ3) is 4.95. The van der Waals surface area contributed by atoms with Crippen LogP contribution in [0.15, 0.2) is 42.5 Å². The molecule has 2 heterocycles. The van der Waals surface area contributed by atoms with Crippen molar-refractivity contribution in [2.45, 2.75) is 57.4 Å². The Kier molecular flexibility index (Phi) is 6.59. The third-order valence-electron chi connectivity index (χ3n) is 6.76. The second-order valence-electron chi connectivity index (χ2n) is 9.11. The Balaban J connectivity index is 1.59. The smallest absolute Gasteiger partial charge is 0.354 e. The summed E-state index contributed by atoms with van der Waals surface area (Å²) >= 11 is 1.16. The fourth-order valence-corrected chi connectivity index (χ4v) is 5.62. The van der Waals surface area contributed by atoms with Gasteiger partial charge in [-0.05, 0) is 41.7 Å². The van der Waals surface area contributed by atoms with Crippen LogP contribution in [0.3, 0.4) is 0 Å². The van der Waals surface area contributed by atoms with Gasteiger partial charge < -0.3 is 10.2 Å². The Morgan fingerprint density at radius 3 is 2.46 bits per heavy atom. The van der Waals surface area contributed by atoms with Gasteiger partial charge in [0.15, 0.2) is 0 Å². The summed E-state index contributed by atoms with van der Waals surface area (Å²) in [5, 5.41) is 24.5. The van der Waals surface area contributed by atoms with Crippen molar-refractivity contribution < 1.29 is 19.8 Å². The van der Waals surface area contributed by atoms with E-state index in [0.29, 0.717) is 12.0 Å². The Morgan fingerprint density at radius 1 is 0.971 bits per heavy atom. The number of nitrogens with zero attached hydrogens (tertiary/aromatic N) is 4. The lowest BCUT2D eigenvalue weighted by Gasteiger charge is -2.21. The van der Waals surface area contributed by atoms with E-state index in [4.69, 9.17) is 5.10 Å². The predicted octanol–water partition coefficient (Wildman–Crippen LogP) is 4.90. The van der Waals surface area contributed by atoms with Crippen LogP contribution in [0.25, 0.3) is 11.0 Å². The maximum Gasteiger partial charge on any atom is 0.354 e. The number of carboxylic acid groups (broad SMARTS) is 2. The summed E-state index contributed by atoms with van der Waals surface area (Å²) in [6, 6.07) is 13.1.